The summed E-state index contributed by atoms with van der Waals surface area (Å²) >= 11 is 0. The first kappa shape index (κ1) is 16.6. The van der Waals surface area contributed by atoms with Gasteiger partial charge in [0, 0.05) is 25.2 Å². The van der Waals surface area contributed by atoms with Gasteiger partial charge in [0.1, 0.15) is 0 Å². The van der Waals surface area contributed by atoms with E-state index in [2.05, 4.69) is 12.2 Å². The number of nitrogens with zero attached hydrogens (tertiary/aromatic N) is 1. The molecule has 2 aliphatic rings. The Labute approximate surface area is 129 Å². The molecule has 1 saturated carbocycles. The molecular weight excluding hydrogens is 264 g/mol. The number of nitrogens with one attached hydrogen (secondary N) is 1. The van der Waals surface area contributed by atoms with Crippen molar-refractivity contribution in [2.75, 3.05) is 20.2 Å². The molecule has 0 radical (unpaired) electrons. The highest BCUT2D eigenvalue weighted by molar-refractivity contribution is 5.67. The molecule has 1 heterocycles. The van der Waals surface area contributed by atoms with Gasteiger partial charge in [-0.1, -0.05) is 39.0 Å². The fourth-order valence-corrected chi connectivity index (χ4v) is 3.91. The third kappa shape index (κ3) is 5.17. The summed E-state index contributed by atoms with van der Waals surface area (Å²) in [4.78, 5) is 13.8. The molecule has 1 aliphatic heterocycles. The summed E-state index contributed by atoms with van der Waals surface area (Å²) in [6, 6.07) is 1.11. The average Bonchev–Trinajstić information content (AvgIpc) is 2.53. The molecule has 0 spiro atoms. The summed E-state index contributed by atoms with van der Waals surface area (Å²) in [5.74, 6) is 0.624. The fraction of sp³-hybridized carbons (Fsp3) is 0.941. The van der Waals surface area contributed by atoms with E-state index < -0.39 is 0 Å². The van der Waals surface area contributed by atoms with Crippen molar-refractivity contribution < 1.29 is 9.53 Å². The molecule has 1 N–H and O–H groups in total. The van der Waals surface area contributed by atoms with Crippen molar-refractivity contribution in [3.63, 3.8) is 0 Å². The molecule has 0 aromatic rings. The summed E-state index contributed by atoms with van der Waals surface area (Å²) in [6.45, 7) is 3.92. The largest absolute Gasteiger partial charge is 0.453 e. The van der Waals surface area contributed by atoms with Crippen LogP contribution in [0.2, 0.25) is 0 Å². The Morgan fingerprint density at radius 2 is 1.95 bits per heavy atom. The summed E-state index contributed by atoms with van der Waals surface area (Å²) < 4.78 is 4.94. The van der Waals surface area contributed by atoms with Crippen molar-refractivity contribution in [2.24, 2.45) is 5.92 Å². The number of likely N-dealkylation sites (tertiary alicyclic amines) is 1. The van der Waals surface area contributed by atoms with Crippen molar-refractivity contribution >= 4 is 6.09 Å². The van der Waals surface area contributed by atoms with Crippen molar-refractivity contribution in [1.29, 1.82) is 0 Å². The van der Waals surface area contributed by atoms with Gasteiger partial charge in [-0.25, -0.2) is 4.79 Å². The molecule has 1 aliphatic carbocycles. The number of ether oxygens (including phenoxy) is 1. The number of carbonyl (C=O) groups excluding carboxylic acids is 1. The van der Waals surface area contributed by atoms with E-state index >= 15 is 0 Å². The van der Waals surface area contributed by atoms with Gasteiger partial charge in [-0.2, -0.15) is 0 Å². The van der Waals surface area contributed by atoms with E-state index in [-0.39, 0.29) is 6.09 Å². The number of amides is 1. The molecule has 2 rings (SSSR count). The highest BCUT2D eigenvalue weighted by atomic mass is 16.5. The lowest BCUT2D eigenvalue weighted by Gasteiger charge is -2.39. The molecule has 2 fully saturated rings. The molecule has 122 valence electrons. The minimum absolute atomic E-state index is 0.161. The zero-order valence-electron chi connectivity index (χ0n) is 13.8. The predicted octanol–water partition coefficient (Wildman–Crippen LogP) is 3.56. The van der Waals surface area contributed by atoms with Crippen molar-refractivity contribution in [2.45, 2.75) is 76.8 Å². The van der Waals surface area contributed by atoms with Gasteiger partial charge in [0.25, 0.3) is 0 Å². The van der Waals surface area contributed by atoms with Crippen molar-refractivity contribution in [1.82, 2.24) is 10.2 Å². The fourth-order valence-electron chi connectivity index (χ4n) is 3.91. The van der Waals surface area contributed by atoms with Crippen LogP contribution in [0.15, 0.2) is 0 Å². The van der Waals surface area contributed by atoms with Gasteiger partial charge >= 0.3 is 6.09 Å². The lowest BCUT2D eigenvalue weighted by molar-refractivity contribution is 0.0852. The quantitative estimate of drug-likeness (QED) is 0.843. The van der Waals surface area contributed by atoms with Gasteiger partial charge in [0.05, 0.1) is 7.11 Å². The Morgan fingerprint density at radius 3 is 2.62 bits per heavy atom. The van der Waals surface area contributed by atoms with Gasteiger partial charge in [-0.3, -0.25) is 0 Å². The van der Waals surface area contributed by atoms with Crippen molar-refractivity contribution in [3.05, 3.63) is 0 Å². The maximum Gasteiger partial charge on any atom is 0.409 e. The highest BCUT2D eigenvalue weighted by Gasteiger charge is 2.31. The SMILES string of the molecule is CCCCC1CC(NC2CCCCC2)CN(C(=O)OC)C1. The zero-order valence-corrected chi connectivity index (χ0v) is 13.8. The lowest BCUT2D eigenvalue weighted by Crippen LogP contribution is -2.53. The first-order valence-electron chi connectivity index (χ1n) is 8.81. The molecule has 0 aromatic carbocycles. The van der Waals surface area contributed by atoms with Gasteiger partial charge in [-0.15, -0.1) is 0 Å². The number of carbonyl (C=O) groups is 1. The molecule has 1 amide bonds. The van der Waals surface area contributed by atoms with Crippen LogP contribution in [0.4, 0.5) is 4.79 Å². The number of unbranched alkanes of at least 4 members (excludes halogenated alkanes) is 1. The van der Waals surface area contributed by atoms with E-state index in [1.54, 1.807) is 0 Å². The van der Waals surface area contributed by atoms with Crippen LogP contribution in [0.25, 0.3) is 0 Å². The molecule has 1 saturated heterocycles. The van der Waals surface area contributed by atoms with E-state index in [1.807, 2.05) is 4.90 Å². The van der Waals surface area contributed by atoms with Crippen LogP contribution >= 0.6 is 0 Å². The maximum atomic E-state index is 11.9. The monoisotopic (exact) mass is 296 g/mol. The molecule has 4 heteroatoms. The van der Waals surface area contributed by atoms with E-state index in [1.165, 1.54) is 64.9 Å². The molecule has 2 unspecified atom stereocenters. The third-order valence-corrected chi connectivity index (χ3v) is 5.01. The van der Waals surface area contributed by atoms with Gasteiger partial charge in [0.2, 0.25) is 0 Å². The van der Waals surface area contributed by atoms with E-state index in [0.29, 0.717) is 18.0 Å². The molecule has 2 atom stereocenters. The Kier molecular flexibility index (Phi) is 6.81. The van der Waals surface area contributed by atoms with E-state index in [0.717, 1.165) is 13.1 Å². The van der Waals surface area contributed by atoms with Gasteiger partial charge in [-0.05, 0) is 31.6 Å². The Morgan fingerprint density at radius 1 is 1.19 bits per heavy atom. The van der Waals surface area contributed by atoms with Crippen molar-refractivity contribution in [3.8, 4) is 0 Å². The van der Waals surface area contributed by atoms with Crippen LogP contribution in [0.5, 0.6) is 0 Å². The highest BCUT2D eigenvalue weighted by Crippen LogP contribution is 2.25. The Bertz CT molecular complexity index is 316. The third-order valence-electron chi connectivity index (χ3n) is 5.01. The van der Waals surface area contributed by atoms with Crippen LogP contribution < -0.4 is 5.32 Å². The number of hydrogen-bond donors (Lipinski definition) is 1. The van der Waals surface area contributed by atoms with E-state index in [9.17, 15) is 4.79 Å². The molecule has 0 bridgehead atoms. The maximum absolute atomic E-state index is 11.9. The van der Waals surface area contributed by atoms with Crippen LogP contribution in [-0.4, -0.2) is 43.3 Å². The van der Waals surface area contributed by atoms with E-state index in [4.69, 9.17) is 4.74 Å². The smallest absolute Gasteiger partial charge is 0.409 e. The number of hydrogen-bond acceptors (Lipinski definition) is 3. The summed E-state index contributed by atoms with van der Waals surface area (Å²) in [5.41, 5.74) is 0. The Balaban J connectivity index is 1.89. The molecule has 21 heavy (non-hydrogen) atoms. The van der Waals surface area contributed by atoms with Crippen LogP contribution in [0, 0.1) is 5.92 Å². The van der Waals surface area contributed by atoms with Gasteiger partial charge in [0.15, 0.2) is 0 Å². The summed E-state index contributed by atoms with van der Waals surface area (Å²) in [5, 5.41) is 3.82. The van der Waals surface area contributed by atoms with Gasteiger partial charge < -0.3 is 15.0 Å². The summed E-state index contributed by atoms with van der Waals surface area (Å²) in [6.07, 6.45) is 11.5. The first-order valence-corrected chi connectivity index (χ1v) is 8.81. The number of methoxy groups -OCH3 is 1. The summed E-state index contributed by atoms with van der Waals surface area (Å²) in [7, 11) is 1.49. The zero-order chi connectivity index (χ0) is 15.1. The first-order chi connectivity index (χ1) is 10.2. The second kappa shape index (κ2) is 8.62. The molecular formula is C17H32N2O2. The standard InChI is InChI=1S/C17H32N2O2/c1-3-4-8-14-11-16(13-19(12-14)17(20)21-2)18-15-9-6-5-7-10-15/h14-16,18H,3-13H2,1-2H3. The average molecular weight is 296 g/mol. The second-order valence-corrected chi connectivity index (χ2v) is 6.82. The molecule has 4 nitrogen and oxygen atoms in total. The predicted molar refractivity (Wildman–Crippen MR) is 85.4 cm³/mol. The minimum atomic E-state index is -0.161. The lowest BCUT2D eigenvalue weighted by atomic mass is 9.88. The normalized spacial score (nSPS) is 27.6. The van der Waals surface area contributed by atoms with Crippen LogP contribution in [0.3, 0.4) is 0 Å². The minimum Gasteiger partial charge on any atom is -0.453 e. The topological polar surface area (TPSA) is 41.6 Å². The second-order valence-electron chi connectivity index (χ2n) is 6.82. The number of rotatable bonds is 5. The molecule has 0 aromatic heterocycles. The Hall–Kier alpha value is -0.770. The number of piperidine rings is 1. The van der Waals surface area contributed by atoms with Crippen LogP contribution in [0.1, 0.15) is 64.7 Å². The van der Waals surface area contributed by atoms with Crippen LogP contribution in [-0.2, 0) is 4.74 Å².